The van der Waals surface area contributed by atoms with E-state index in [-0.39, 0.29) is 5.82 Å². The molecule has 0 aliphatic heterocycles. The number of hydrogen-bond acceptors (Lipinski definition) is 2. The highest BCUT2D eigenvalue weighted by Crippen LogP contribution is 2.50. The molecule has 0 radical (unpaired) electrons. The zero-order valence-corrected chi connectivity index (χ0v) is 10.1. The van der Waals surface area contributed by atoms with Crippen LogP contribution in [-0.2, 0) is 0 Å². The second-order valence-electron chi connectivity index (χ2n) is 4.44. The first-order chi connectivity index (χ1) is 8.26. The van der Waals surface area contributed by atoms with Gasteiger partial charge >= 0.3 is 0 Å². The summed E-state index contributed by atoms with van der Waals surface area (Å²) < 4.78 is 18.8. The summed E-state index contributed by atoms with van der Waals surface area (Å²) >= 11 is 0. The van der Waals surface area contributed by atoms with E-state index in [0.29, 0.717) is 18.4 Å². The molecule has 2 atom stereocenters. The summed E-state index contributed by atoms with van der Waals surface area (Å²) in [6, 6.07) is 4.75. The largest absolute Gasteiger partial charge is 0.489 e. The summed E-state index contributed by atoms with van der Waals surface area (Å²) in [4.78, 5) is 0. The van der Waals surface area contributed by atoms with Gasteiger partial charge in [0.25, 0.3) is 0 Å². The maximum absolute atomic E-state index is 13.3. The molecule has 1 saturated carbocycles. The minimum atomic E-state index is -0.193. The normalized spacial score (nSPS) is 22.2. The van der Waals surface area contributed by atoms with E-state index in [1.54, 1.807) is 18.2 Å². The van der Waals surface area contributed by atoms with Crippen molar-refractivity contribution in [2.75, 3.05) is 20.2 Å². The zero-order chi connectivity index (χ0) is 12.3. The Balaban J connectivity index is 2.13. The van der Waals surface area contributed by atoms with Crippen LogP contribution in [0.5, 0.6) is 5.75 Å². The van der Waals surface area contributed by atoms with Crippen LogP contribution in [0, 0.1) is 11.7 Å². The third kappa shape index (κ3) is 2.86. The first-order valence-corrected chi connectivity index (χ1v) is 5.94. The molecule has 0 bridgehead atoms. The fourth-order valence-corrected chi connectivity index (χ4v) is 2.21. The molecule has 0 unspecified atom stereocenters. The van der Waals surface area contributed by atoms with Crippen molar-refractivity contribution in [3.05, 3.63) is 42.2 Å². The highest BCUT2D eigenvalue weighted by Gasteiger charge is 2.39. The van der Waals surface area contributed by atoms with Gasteiger partial charge in [-0.2, -0.15) is 0 Å². The van der Waals surface area contributed by atoms with Crippen molar-refractivity contribution in [1.29, 1.82) is 0 Å². The van der Waals surface area contributed by atoms with E-state index in [0.717, 1.165) is 24.3 Å². The molecule has 17 heavy (non-hydrogen) atoms. The maximum Gasteiger partial charge on any atom is 0.123 e. The Morgan fingerprint density at radius 2 is 2.41 bits per heavy atom. The fourth-order valence-electron chi connectivity index (χ4n) is 2.21. The van der Waals surface area contributed by atoms with Gasteiger partial charge in [-0.3, -0.25) is 0 Å². The third-order valence-corrected chi connectivity index (χ3v) is 3.12. The second kappa shape index (κ2) is 5.32. The molecule has 2 rings (SSSR count). The molecular weight excluding hydrogens is 217 g/mol. The lowest BCUT2D eigenvalue weighted by molar-refractivity contribution is 0.358. The smallest absolute Gasteiger partial charge is 0.123 e. The highest BCUT2D eigenvalue weighted by atomic mass is 19.1. The Bertz CT molecular complexity index is 405. The van der Waals surface area contributed by atoms with Crippen LogP contribution < -0.4 is 10.1 Å². The average molecular weight is 235 g/mol. The number of hydrogen-bond donors (Lipinski definition) is 1. The monoisotopic (exact) mass is 235 g/mol. The van der Waals surface area contributed by atoms with Gasteiger partial charge < -0.3 is 10.1 Å². The SMILES string of the molecule is C=CCOc1ccc(F)cc1[C@H]1C[C@@H]1CNC. The van der Waals surface area contributed by atoms with Gasteiger partial charge in [0.2, 0.25) is 0 Å². The molecule has 0 heterocycles. The quantitative estimate of drug-likeness (QED) is 0.765. The zero-order valence-electron chi connectivity index (χ0n) is 10.1. The van der Waals surface area contributed by atoms with Crippen LogP contribution in [0.4, 0.5) is 4.39 Å². The maximum atomic E-state index is 13.3. The number of halogens is 1. The van der Waals surface area contributed by atoms with Crippen molar-refractivity contribution in [2.24, 2.45) is 5.92 Å². The molecule has 0 saturated heterocycles. The van der Waals surface area contributed by atoms with Crippen LogP contribution in [0.15, 0.2) is 30.9 Å². The van der Waals surface area contributed by atoms with Crippen LogP contribution in [0.2, 0.25) is 0 Å². The molecule has 1 aliphatic carbocycles. The average Bonchev–Trinajstić information content (AvgIpc) is 3.07. The Labute approximate surface area is 101 Å². The summed E-state index contributed by atoms with van der Waals surface area (Å²) in [7, 11) is 1.94. The van der Waals surface area contributed by atoms with Crippen molar-refractivity contribution in [2.45, 2.75) is 12.3 Å². The number of rotatable bonds is 6. The Morgan fingerprint density at radius 3 is 3.12 bits per heavy atom. The van der Waals surface area contributed by atoms with E-state index >= 15 is 0 Å². The number of nitrogens with one attached hydrogen (secondary N) is 1. The van der Waals surface area contributed by atoms with Gasteiger partial charge in [-0.25, -0.2) is 4.39 Å². The molecule has 1 N–H and O–H groups in total. The molecule has 92 valence electrons. The van der Waals surface area contributed by atoms with Crippen molar-refractivity contribution >= 4 is 0 Å². The highest BCUT2D eigenvalue weighted by molar-refractivity contribution is 5.40. The number of ether oxygens (including phenoxy) is 1. The minimum Gasteiger partial charge on any atom is -0.489 e. The molecule has 0 spiro atoms. The van der Waals surface area contributed by atoms with E-state index in [1.165, 1.54) is 6.07 Å². The molecule has 2 nitrogen and oxygen atoms in total. The second-order valence-corrected chi connectivity index (χ2v) is 4.44. The van der Waals surface area contributed by atoms with Crippen LogP contribution >= 0.6 is 0 Å². The van der Waals surface area contributed by atoms with Gasteiger partial charge in [-0.05, 0) is 50.0 Å². The van der Waals surface area contributed by atoms with Crippen molar-refractivity contribution in [3.63, 3.8) is 0 Å². The third-order valence-electron chi connectivity index (χ3n) is 3.12. The lowest BCUT2D eigenvalue weighted by Gasteiger charge is -2.10. The molecule has 1 aromatic carbocycles. The summed E-state index contributed by atoms with van der Waals surface area (Å²) in [5.41, 5.74) is 0.993. The first-order valence-electron chi connectivity index (χ1n) is 5.94. The van der Waals surface area contributed by atoms with Gasteiger partial charge in [-0.15, -0.1) is 0 Å². The van der Waals surface area contributed by atoms with Crippen LogP contribution in [0.1, 0.15) is 17.9 Å². The molecule has 0 aromatic heterocycles. The van der Waals surface area contributed by atoms with Gasteiger partial charge in [-0.1, -0.05) is 12.7 Å². The minimum absolute atomic E-state index is 0.193. The van der Waals surface area contributed by atoms with E-state index in [9.17, 15) is 4.39 Å². The lowest BCUT2D eigenvalue weighted by Crippen LogP contribution is -2.10. The molecule has 1 aliphatic rings. The van der Waals surface area contributed by atoms with Gasteiger partial charge in [0.1, 0.15) is 18.2 Å². The van der Waals surface area contributed by atoms with Gasteiger partial charge in [0.05, 0.1) is 0 Å². The van der Waals surface area contributed by atoms with Gasteiger partial charge in [0, 0.05) is 5.56 Å². The first kappa shape index (κ1) is 12.1. The van der Waals surface area contributed by atoms with E-state index < -0.39 is 0 Å². The molecule has 3 heteroatoms. The van der Waals surface area contributed by atoms with E-state index in [4.69, 9.17) is 4.74 Å². The number of benzene rings is 1. The fraction of sp³-hybridized carbons (Fsp3) is 0.429. The molecule has 0 amide bonds. The summed E-state index contributed by atoms with van der Waals surface area (Å²) in [5.74, 6) is 1.63. The van der Waals surface area contributed by atoms with Gasteiger partial charge in [0.15, 0.2) is 0 Å². The predicted octanol–water partition coefficient (Wildman–Crippen LogP) is 2.71. The predicted molar refractivity (Wildman–Crippen MR) is 66.9 cm³/mol. The Morgan fingerprint density at radius 1 is 1.59 bits per heavy atom. The summed E-state index contributed by atoms with van der Waals surface area (Å²) in [6.45, 7) is 5.05. The van der Waals surface area contributed by atoms with Crippen molar-refractivity contribution in [1.82, 2.24) is 5.32 Å². The Hall–Kier alpha value is -1.35. The van der Waals surface area contributed by atoms with Crippen LogP contribution in [-0.4, -0.2) is 20.2 Å². The lowest BCUT2D eigenvalue weighted by atomic mass is 10.1. The molecule has 1 fully saturated rings. The molecule has 1 aromatic rings. The van der Waals surface area contributed by atoms with Crippen molar-refractivity contribution in [3.8, 4) is 5.75 Å². The van der Waals surface area contributed by atoms with Crippen LogP contribution in [0.3, 0.4) is 0 Å². The van der Waals surface area contributed by atoms with E-state index in [2.05, 4.69) is 11.9 Å². The Kier molecular flexibility index (Phi) is 3.79. The molecular formula is C14H18FNO. The van der Waals surface area contributed by atoms with Crippen LogP contribution in [0.25, 0.3) is 0 Å². The summed E-state index contributed by atoms with van der Waals surface area (Å²) in [5, 5.41) is 3.16. The van der Waals surface area contributed by atoms with E-state index in [1.807, 2.05) is 7.05 Å². The standard InChI is InChI=1S/C14H18FNO/c1-3-6-17-14-5-4-11(15)8-13(14)12-7-10(12)9-16-2/h3-5,8,10,12,16H,1,6-7,9H2,2H3/t10-,12+/m1/s1. The summed E-state index contributed by atoms with van der Waals surface area (Å²) in [6.07, 6.45) is 2.81. The topological polar surface area (TPSA) is 21.3 Å². The van der Waals surface area contributed by atoms with Crippen molar-refractivity contribution < 1.29 is 9.13 Å².